The molecule has 0 spiro atoms. The van der Waals surface area contributed by atoms with Gasteiger partial charge >= 0.3 is 0 Å². The number of H-pyrrole nitrogens is 2. The Kier molecular flexibility index (Phi) is 5.82. The minimum Gasteiger partial charge on any atom is -0.353 e. The SMILES string of the molecule is Cc1cc(F)cc(-c2nccc3[nH]c(-c4n[nH]c5cnc(-c6cncc(NC(=O)c7ccccc7)c6)cc45)cc23)c1. The lowest BCUT2D eigenvalue weighted by molar-refractivity contribution is 0.102. The van der Waals surface area contributed by atoms with Gasteiger partial charge in [0.15, 0.2) is 0 Å². The predicted molar refractivity (Wildman–Crippen MR) is 157 cm³/mol. The number of hydrogen-bond donors (Lipinski definition) is 3. The molecule has 41 heavy (non-hydrogen) atoms. The lowest BCUT2D eigenvalue weighted by Gasteiger charge is -2.07. The van der Waals surface area contributed by atoms with Gasteiger partial charge < -0.3 is 10.3 Å². The maximum Gasteiger partial charge on any atom is 0.255 e. The molecule has 0 aliphatic carbocycles. The first-order valence-corrected chi connectivity index (χ1v) is 12.9. The number of aromatic nitrogens is 6. The summed E-state index contributed by atoms with van der Waals surface area (Å²) < 4.78 is 14.2. The molecule has 0 bridgehead atoms. The number of pyridine rings is 3. The van der Waals surface area contributed by atoms with E-state index in [9.17, 15) is 9.18 Å². The second kappa shape index (κ2) is 9.80. The molecule has 7 rings (SSSR count). The van der Waals surface area contributed by atoms with Crippen molar-refractivity contribution in [3.63, 3.8) is 0 Å². The van der Waals surface area contributed by atoms with Crippen LogP contribution in [0.1, 0.15) is 15.9 Å². The second-order valence-electron chi connectivity index (χ2n) is 9.79. The Labute approximate surface area is 233 Å². The molecule has 0 aliphatic heterocycles. The fraction of sp³-hybridized carbons (Fsp3) is 0.0312. The molecule has 5 heterocycles. The molecule has 0 fully saturated rings. The average molecular weight is 540 g/mol. The average Bonchev–Trinajstić information content (AvgIpc) is 3.61. The van der Waals surface area contributed by atoms with Crippen molar-refractivity contribution in [2.75, 3.05) is 5.32 Å². The fourth-order valence-corrected chi connectivity index (χ4v) is 5.01. The summed E-state index contributed by atoms with van der Waals surface area (Å²) in [5.74, 6) is -0.516. The standard InChI is InChI=1S/C32H22FN7O/c1-18-9-20(11-22(33)10-18)30-24-14-28(38-26(24)7-8-35-30)31-25-13-27(36-17-29(25)39-40-31)21-12-23(16-34-15-21)37-32(41)19-5-3-2-4-6-19/h2-17,38H,1H3,(H,37,41)(H,39,40). The molecule has 0 atom stereocenters. The number of benzene rings is 2. The first-order chi connectivity index (χ1) is 20.0. The van der Waals surface area contributed by atoms with Crippen molar-refractivity contribution >= 4 is 33.4 Å². The number of aromatic amines is 2. The molecule has 198 valence electrons. The van der Waals surface area contributed by atoms with Gasteiger partial charge in [-0.05, 0) is 67.1 Å². The zero-order chi connectivity index (χ0) is 27.9. The van der Waals surface area contributed by atoms with Crippen molar-refractivity contribution in [2.45, 2.75) is 6.92 Å². The molecule has 9 heteroatoms. The molecule has 7 aromatic rings. The third-order valence-corrected chi connectivity index (χ3v) is 6.89. The van der Waals surface area contributed by atoms with Crippen molar-refractivity contribution in [1.82, 2.24) is 30.1 Å². The highest BCUT2D eigenvalue weighted by Gasteiger charge is 2.16. The van der Waals surface area contributed by atoms with E-state index in [4.69, 9.17) is 0 Å². The smallest absolute Gasteiger partial charge is 0.255 e. The minimum atomic E-state index is -0.300. The highest BCUT2D eigenvalue weighted by molar-refractivity contribution is 6.04. The van der Waals surface area contributed by atoms with Gasteiger partial charge in [-0.1, -0.05) is 18.2 Å². The summed E-state index contributed by atoms with van der Waals surface area (Å²) in [5, 5.41) is 12.2. The van der Waals surface area contributed by atoms with Crippen molar-refractivity contribution in [1.29, 1.82) is 0 Å². The number of hydrogen-bond acceptors (Lipinski definition) is 5. The van der Waals surface area contributed by atoms with Gasteiger partial charge in [-0.25, -0.2) is 4.39 Å². The number of amides is 1. The number of nitrogens with one attached hydrogen (secondary N) is 3. The van der Waals surface area contributed by atoms with Gasteiger partial charge in [0.2, 0.25) is 0 Å². The Balaban J connectivity index is 1.25. The Morgan fingerprint density at radius 2 is 1.68 bits per heavy atom. The molecule has 8 nitrogen and oxygen atoms in total. The lowest BCUT2D eigenvalue weighted by Crippen LogP contribution is -2.11. The van der Waals surface area contributed by atoms with E-state index >= 15 is 0 Å². The van der Waals surface area contributed by atoms with Gasteiger partial charge in [-0.3, -0.25) is 24.8 Å². The molecule has 0 radical (unpaired) electrons. The number of aryl methyl sites for hydroxylation is 1. The van der Waals surface area contributed by atoms with Crippen LogP contribution >= 0.6 is 0 Å². The van der Waals surface area contributed by atoms with E-state index in [1.807, 2.05) is 55.5 Å². The number of halogens is 1. The van der Waals surface area contributed by atoms with E-state index in [0.29, 0.717) is 33.9 Å². The van der Waals surface area contributed by atoms with Crippen LogP contribution in [-0.2, 0) is 0 Å². The van der Waals surface area contributed by atoms with Gasteiger partial charge in [-0.2, -0.15) is 5.10 Å². The molecule has 0 aliphatic rings. The van der Waals surface area contributed by atoms with Gasteiger partial charge in [-0.15, -0.1) is 0 Å². The monoisotopic (exact) mass is 539 g/mol. The lowest BCUT2D eigenvalue weighted by atomic mass is 10.0. The van der Waals surface area contributed by atoms with Gasteiger partial charge in [0.25, 0.3) is 5.91 Å². The first kappa shape index (κ1) is 24.3. The van der Waals surface area contributed by atoms with Crippen LogP contribution in [0.4, 0.5) is 10.1 Å². The van der Waals surface area contributed by atoms with Crippen LogP contribution in [0.3, 0.4) is 0 Å². The van der Waals surface area contributed by atoms with Crippen LogP contribution in [0.15, 0.2) is 97.6 Å². The normalized spacial score (nSPS) is 11.3. The minimum absolute atomic E-state index is 0.217. The Morgan fingerprint density at radius 3 is 2.54 bits per heavy atom. The highest BCUT2D eigenvalue weighted by Crippen LogP contribution is 2.34. The van der Waals surface area contributed by atoms with Crippen LogP contribution < -0.4 is 5.32 Å². The van der Waals surface area contributed by atoms with Crippen LogP contribution in [0, 0.1) is 12.7 Å². The molecular formula is C32H22FN7O. The summed E-state index contributed by atoms with van der Waals surface area (Å²) in [5.41, 5.74) is 7.90. The fourth-order valence-electron chi connectivity index (χ4n) is 5.01. The number of carbonyl (C=O) groups excluding carboxylic acids is 1. The van der Waals surface area contributed by atoms with Crippen molar-refractivity contribution in [2.24, 2.45) is 0 Å². The molecule has 2 aromatic carbocycles. The summed E-state index contributed by atoms with van der Waals surface area (Å²) in [6.07, 6.45) is 6.73. The molecular weight excluding hydrogens is 517 g/mol. The molecule has 0 unspecified atom stereocenters. The summed E-state index contributed by atoms with van der Waals surface area (Å²) in [7, 11) is 0. The third-order valence-electron chi connectivity index (χ3n) is 6.89. The number of anilines is 1. The highest BCUT2D eigenvalue weighted by atomic mass is 19.1. The second-order valence-corrected chi connectivity index (χ2v) is 9.79. The molecule has 1 amide bonds. The molecule has 5 aromatic heterocycles. The first-order valence-electron chi connectivity index (χ1n) is 12.9. The summed E-state index contributed by atoms with van der Waals surface area (Å²) in [6.45, 7) is 1.86. The summed E-state index contributed by atoms with van der Waals surface area (Å²) in [6, 6.07) is 21.6. The predicted octanol–water partition coefficient (Wildman–Crippen LogP) is 6.93. The van der Waals surface area contributed by atoms with Gasteiger partial charge in [0.05, 0.1) is 40.7 Å². The zero-order valence-electron chi connectivity index (χ0n) is 21.8. The van der Waals surface area contributed by atoms with E-state index in [1.54, 1.807) is 36.9 Å². The van der Waals surface area contributed by atoms with Crippen LogP contribution in [0.2, 0.25) is 0 Å². The van der Waals surface area contributed by atoms with Gasteiger partial charge in [0, 0.05) is 45.4 Å². The van der Waals surface area contributed by atoms with Crippen LogP contribution in [0.5, 0.6) is 0 Å². The molecule has 0 saturated heterocycles. The van der Waals surface area contributed by atoms with Crippen molar-refractivity contribution in [3.05, 3.63) is 115 Å². The summed E-state index contributed by atoms with van der Waals surface area (Å²) >= 11 is 0. The van der Waals surface area contributed by atoms with E-state index in [0.717, 1.165) is 38.6 Å². The van der Waals surface area contributed by atoms with Crippen molar-refractivity contribution < 1.29 is 9.18 Å². The maximum atomic E-state index is 14.2. The maximum absolute atomic E-state index is 14.2. The largest absolute Gasteiger partial charge is 0.353 e. The van der Waals surface area contributed by atoms with Crippen LogP contribution in [-0.4, -0.2) is 36.0 Å². The van der Waals surface area contributed by atoms with Crippen LogP contribution in [0.25, 0.3) is 55.7 Å². The Bertz CT molecular complexity index is 2060. The number of nitrogens with zero attached hydrogens (tertiary/aromatic N) is 4. The van der Waals surface area contributed by atoms with E-state index in [-0.39, 0.29) is 11.7 Å². The summed E-state index contributed by atoms with van der Waals surface area (Å²) in [4.78, 5) is 29.5. The van der Waals surface area contributed by atoms with Gasteiger partial charge in [0.1, 0.15) is 11.5 Å². The third kappa shape index (κ3) is 4.59. The quantitative estimate of drug-likeness (QED) is 0.220. The number of rotatable bonds is 5. The van der Waals surface area contributed by atoms with E-state index in [2.05, 4.69) is 35.5 Å². The van der Waals surface area contributed by atoms with E-state index in [1.165, 1.54) is 12.1 Å². The number of fused-ring (bicyclic) bond motifs is 2. The topological polar surface area (TPSA) is 112 Å². The number of carbonyl (C=O) groups is 1. The Morgan fingerprint density at radius 1 is 0.829 bits per heavy atom. The van der Waals surface area contributed by atoms with Crippen molar-refractivity contribution in [3.8, 4) is 33.9 Å². The molecule has 3 N–H and O–H groups in total. The zero-order valence-corrected chi connectivity index (χ0v) is 21.8. The van der Waals surface area contributed by atoms with E-state index < -0.39 is 0 Å². The Hall–Kier alpha value is -5.70. The molecule has 0 saturated carbocycles.